The van der Waals surface area contributed by atoms with Gasteiger partial charge in [0, 0.05) is 0 Å². The van der Waals surface area contributed by atoms with Gasteiger partial charge in [0.2, 0.25) is 0 Å². The molecule has 0 aliphatic rings. The van der Waals surface area contributed by atoms with Crippen LogP contribution in [0.5, 0.6) is 0 Å². The summed E-state index contributed by atoms with van der Waals surface area (Å²) < 4.78 is 0. The van der Waals surface area contributed by atoms with Gasteiger partial charge >= 0.3 is 11.8 Å². The van der Waals surface area contributed by atoms with Crippen molar-refractivity contribution in [3.63, 3.8) is 0 Å². The van der Waals surface area contributed by atoms with Crippen molar-refractivity contribution in [2.24, 2.45) is 5.73 Å². The van der Waals surface area contributed by atoms with E-state index in [1.54, 1.807) is 0 Å². The molecule has 0 aromatic heterocycles. The standard InChI is InChI=1S/C13H17N3O2S/c1-8-3-5-10(6-4-8)9(2)16-13(18)12(17)15-7-11(14)19/h3-6,9H,7H2,1-2H3,(H2,14,19)(H,15,17)(H,16,18). The number of benzene rings is 1. The molecule has 19 heavy (non-hydrogen) atoms. The average Bonchev–Trinajstić information content (AvgIpc) is 2.36. The van der Waals surface area contributed by atoms with Gasteiger partial charge < -0.3 is 16.4 Å². The highest BCUT2D eigenvalue weighted by molar-refractivity contribution is 7.80. The molecular weight excluding hydrogens is 262 g/mol. The molecule has 0 saturated heterocycles. The molecule has 0 aliphatic heterocycles. The Morgan fingerprint density at radius 1 is 1.26 bits per heavy atom. The fourth-order valence-electron chi connectivity index (χ4n) is 1.45. The molecule has 1 unspecified atom stereocenters. The van der Waals surface area contributed by atoms with Crippen LogP contribution in [0, 0.1) is 6.92 Å². The molecule has 0 bridgehead atoms. The number of rotatable bonds is 4. The lowest BCUT2D eigenvalue weighted by Crippen LogP contribution is -2.43. The van der Waals surface area contributed by atoms with Crippen LogP contribution < -0.4 is 16.4 Å². The van der Waals surface area contributed by atoms with E-state index in [4.69, 9.17) is 5.73 Å². The number of thiocarbonyl (C=S) groups is 1. The second-order valence-electron chi connectivity index (χ2n) is 4.25. The van der Waals surface area contributed by atoms with Gasteiger partial charge in [-0.3, -0.25) is 9.59 Å². The molecule has 0 saturated carbocycles. The van der Waals surface area contributed by atoms with Crippen LogP contribution in [0.3, 0.4) is 0 Å². The third-order valence-electron chi connectivity index (χ3n) is 2.55. The normalized spacial score (nSPS) is 11.5. The predicted molar refractivity (Wildman–Crippen MR) is 77.5 cm³/mol. The topological polar surface area (TPSA) is 84.2 Å². The molecule has 102 valence electrons. The summed E-state index contributed by atoms with van der Waals surface area (Å²) in [6.45, 7) is 3.81. The van der Waals surface area contributed by atoms with E-state index in [0.717, 1.165) is 11.1 Å². The van der Waals surface area contributed by atoms with Crippen LogP contribution in [-0.2, 0) is 9.59 Å². The van der Waals surface area contributed by atoms with E-state index >= 15 is 0 Å². The Morgan fingerprint density at radius 3 is 2.37 bits per heavy atom. The Hall–Kier alpha value is -1.95. The number of hydrogen-bond acceptors (Lipinski definition) is 3. The molecule has 0 aliphatic carbocycles. The zero-order valence-electron chi connectivity index (χ0n) is 10.9. The van der Waals surface area contributed by atoms with Gasteiger partial charge in [0.25, 0.3) is 0 Å². The highest BCUT2D eigenvalue weighted by Crippen LogP contribution is 2.12. The van der Waals surface area contributed by atoms with Crippen molar-refractivity contribution < 1.29 is 9.59 Å². The van der Waals surface area contributed by atoms with E-state index in [0.29, 0.717) is 0 Å². The van der Waals surface area contributed by atoms with Gasteiger partial charge in [-0.05, 0) is 19.4 Å². The highest BCUT2D eigenvalue weighted by Gasteiger charge is 2.16. The number of carbonyl (C=O) groups is 2. The molecule has 0 fully saturated rings. The van der Waals surface area contributed by atoms with Gasteiger partial charge in [-0.1, -0.05) is 42.0 Å². The van der Waals surface area contributed by atoms with Crippen molar-refractivity contribution >= 4 is 29.0 Å². The van der Waals surface area contributed by atoms with Crippen molar-refractivity contribution in [1.29, 1.82) is 0 Å². The Kier molecular flexibility index (Phi) is 5.44. The van der Waals surface area contributed by atoms with Crippen LogP contribution in [0.25, 0.3) is 0 Å². The van der Waals surface area contributed by atoms with E-state index in [2.05, 4.69) is 22.9 Å². The Labute approximate surface area is 117 Å². The maximum Gasteiger partial charge on any atom is 0.309 e. The van der Waals surface area contributed by atoms with E-state index in [1.807, 2.05) is 38.1 Å². The number of nitrogens with one attached hydrogen (secondary N) is 2. The summed E-state index contributed by atoms with van der Waals surface area (Å²) in [5.74, 6) is -1.45. The van der Waals surface area contributed by atoms with Crippen LogP contribution in [0.2, 0.25) is 0 Å². The summed E-state index contributed by atoms with van der Waals surface area (Å²) in [7, 11) is 0. The van der Waals surface area contributed by atoms with Crippen molar-refractivity contribution in [2.45, 2.75) is 19.9 Å². The molecule has 1 aromatic rings. The summed E-state index contributed by atoms with van der Waals surface area (Å²) in [6, 6.07) is 7.47. The van der Waals surface area contributed by atoms with Crippen molar-refractivity contribution in [3.8, 4) is 0 Å². The van der Waals surface area contributed by atoms with Gasteiger partial charge in [0.15, 0.2) is 0 Å². The largest absolute Gasteiger partial charge is 0.392 e. The summed E-state index contributed by atoms with van der Waals surface area (Å²) in [5.41, 5.74) is 7.30. The predicted octanol–water partition coefficient (Wildman–Crippen LogP) is 0.575. The third kappa shape index (κ3) is 5.05. The minimum atomic E-state index is -0.744. The van der Waals surface area contributed by atoms with E-state index in [9.17, 15) is 9.59 Å². The SMILES string of the molecule is Cc1ccc(C(C)NC(=O)C(=O)NCC(N)=S)cc1. The van der Waals surface area contributed by atoms with E-state index < -0.39 is 11.8 Å². The van der Waals surface area contributed by atoms with Crippen LogP contribution in [0.4, 0.5) is 0 Å². The zero-order valence-corrected chi connectivity index (χ0v) is 11.7. The zero-order chi connectivity index (χ0) is 14.4. The first-order valence-corrected chi connectivity index (χ1v) is 6.24. The summed E-state index contributed by atoms with van der Waals surface area (Å²) in [6.07, 6.45) is 0. The summed E-state index contributed by atoms with van der Waals surface area (Å²) in [4.78, 5) is 23.2. The molecule has 2 amide bonds. The lowest BCUT2D eigenvalue weighted by Gasteiger charge is -2.14. The van der Waals surface area contributed by atoms with Crippen LogP contribution in [-0.4, -0.2) is 23.3 Å². The molecule has 1 aromatic carbocycles. The lowest BCUT2D eigenvalue weighted by molar-refractivity contribution is -0.139. The smallest absolute Gasteiger partial charge is 0.309 e. The summed E-state index contributed by atoms with van der Waals surface area (Å²) in [5, 5.41) is 4.93. The Bertz CT molecular complexity index is 485. The highest BCUT2D eigenvalue weighted by atomic mass is 32.1. The van der Waals surface area contributed by atoms with Crippen molar-refractivity contribution in [3.05, 3.63) is 35.4 Å². The molecular formula is C13H17N3O2S. The first-order valence-electron chi connectivity index (χ1n) is 5.83. The maximum atomic E-state index is 11.6. The maximum absolute atomic E-state index is 11.6. The van der Waals surface area contributed by atoms with Gasteiger partial charge in [-0.15, -0.1) is 0 Å². The van der Waals surface area contributed by atoms with Crippen molar-refractivity contribution in [2.75, 3.05) is 6.54 Å². The number of carbonyl (C=O) groups excluding carboxylic acids is 2. The summed E-state index contributed by atoms with van der Waals surface area (Å²) >= 11 is 4.61. The monoisotopic (exact) mass is 279 g/mol. The molecule has 5 nitrogen and oxygen atoms in total. The number of aryl methyl sites for hydroxylation is 1. The van der Waals surface area contributed by atoms with Gasteiger partial charge in [-0.2, -0.15) is 0 Å². The first kappa shape index (κ1) is 15.1. The quantitative estimate of drug-likeness (QED) is 0.556. The molecule has 6 heteroatoms. The second-order valence-corrected chi connectivity index (χ2v) is 4.78. The Morgan fingerprint density at radius 2 is 1.84 bits per heavy atom. The second kappa shape index (κ2) is 6.84. The number of hydrogen-bond donors (Lipinski definition) is 3. The van der Waals surface area contributed by atoms with Gasteiger partial charge in [0.05, 0.1) is 17.6 Å². The first-order chi connectivity index (χ1) is 8.90. The minimum Gasteiger partial charge on any atom is -0.392 e. The number of amides is 2. The Balaban J connectivity index is 2.54. The van der Waals surface area contributed by atoms with Gasteiger partial charge in [-0.25, -0.2) is 0 Å². The third-order valence-corrected chi connectivity index (χ3v) is 2.70. The van der Waals surface area contributed by atoms with Crippen LogP contribution in [0.15, 0.2) is 24.3 Å². The fourth-order valence-corrected chi connectivity index (χ4v) is 1.52. The average molecular weight is 279 g/mol. The lowest BCUT2D eigenvalue weighted by atomic mass is 10.1. The van der Waals surface area contributed by atoms with E-state index in [-0.39, 0.29) is 17.6 Å². The number of nitrogens with two attached hydrogens (primary N) is 1. The van der Waals surface area contributed by atoms with Crippen molar-refractivity contribution in [1.82, 2.24) is 10.6 Å². The molecule has 1 atom stereocenters. The fraction of sp³-hybridized carbons (Fsp3) is 0.308. The van der Waals surface area contributed by atoms with Crippen LogP contribution >= 0.6 is 12.2 Å². The van der Waals surface area contributed by atoms with E-state index in [1.165, 1.54) is 0 Å². The molecule has 0 radical (unpaired) electrons. The molecule has 1 rings (SSSR count). The molecule has 0 heterocycles. The minimum absolute atomic E-state index is 0.0144. The van der Waals surface area contributed by atoms with Gasteiger partial charge in [0.1, 0.15) is 0 Å². The molecule has 4 N–H and O–H groups in total. The van der Waals surface area contributed by atoms with Crippen LogP contribution in [0.1, 0.15) is 24.1 Å². The molecule has 0 spiro atoms.